The molecule has 0 radical (unpaired) electrons. The Morgan fingerprint density at radius 1 is 1.09 bits per heavy atom. The number of amides is 1. The molecule has 0 N–H and O–H groups in total. The molecular weight excluding hydrogens is 433 g/mol. The van der Waals surface area contributed by atoms with Gasteiger partial charge in [-0.05, 0) is 41.5 Å². The van der Waals surface area contributed by atoms with Crippen LogP contribution in [0.15, 0.2) is 54.6 Å². The summed E-state index contributed by atoms with van der Waals surface area (Å²) >= 11 is 0. The number of nitrogens with zero attached hydrogens (tertiary/aromatic N) is 2. The summed E-state index contributed by atoms with van der Waals surface area (Å²) < 4.78 is 51.9. The molecule has 172 valence electrons. The number of carbonyl (C=O) groups excluding carboxylic acids is 1. The Morgan fingerprint density at radius 2 is 1.91 bits per heavy atom. The quantitative estimate of drug-likeness (QED) is 0.495. The number of carbonyl (C=O) groups is 1. The van der Waals surface area contributed by atoms with Crippen LogP contribution in [0.3, 0.4) is 0 Å². The van der Waals surface area contributed by atoms with E-state index in [4.69, 9.17) is 9.47 Å². The van der Waals surface area contributed by atoms with Gasteiger partial charge in [-0.1, -0.05) is 18.2 Å². The van der Waals surface area contributed by atoms with Crippen LogP contribution in [0.4, 0.5) is 13.2 Å². The van der Waals surface area contributed by atoms with E-state index in [9.17, 15) is 18.0 Å². The third-order valence-electron chi connectivity index (χ3n) is 5.47. The van der Waals surface area contributed by atoms with Crippen LogP contribution in [0, 0.1) is 5.82 Å². The van der Waals surface area contributed by atoms with Crippen molar-refractivity contribution in [3.05, 3.63) is 88.4 Å². The molecule has 1 aliphatic rings. The Hall–Kier alpha value is -3.55. The van der Waals surface area contributed by atoms with Crippen LogP contribution in [0.1, 0.15) is 39.7 Å². The maximum absolute atomic E-state index is 14.0. The van der Waals surface area contributed by atoms with Crippen LogP contribution in [0.2, 0.25) is 0 Å². The lowest BCUT2D eigenvalue weighted by Crippen LogP contribution is -2.37. The molecule has 0 aliphatic carbocycles. The van der Waals surface area contributed by atoms with Gasteiger partial charge in [-0.2, -0.15) is 0 Å². The van der Waals surface area contributed by atoms with Crippen LogP contribution in [-0.4, -0.2) is 29.4 Å². The zero-order valence-electron chi connectivity index (χ0n) is 18.3. The summed E-state index contributed by atoms with van der Waals surface area (Å²) in [5.41, 5.74) is 2.12. The van der Waals surface area contributed by atoms with Gasteiger partial charge >= 0.3 is 0 Å². The first-order valence-corrected chi connectivity index (χ1v) is 10.5. The molecule has 5 nitrogen and oxygen atoms in total. The van der Waals surface area contributed by atoms with Crippen LogP contribution in [0.5, 0.6) is 11.6 Å². The summed E-state index contributed by atoms with van der Waals surface area (Å²) in [7, 11) is 1.35. The number of halogens is 3. The average molecular weight is 456 g/mol. The normalized spacial score (nSPS) is 13.6. The van der Waals surface area contributed by atoms with Crippen molar-refractivity contribution in [2.24, 2.45) is 0 Å². The van der Waals surface area contributed by atoms with Gasteiger partial charge in [0.2, 0.25) is 5.88 Å². The summed E-state index contributed by atoms with van der Waals surface area (Å²) in [6.45, 7) is 1.57. The van der Waals surface area contributed by atoms with Gasteiger partial charge in [-0.25, -0.2) is 18.2 Å². The van der Waals surface area contributed by atoms with Crippen molar-refractivity contribution >= 4 is 5.91 Å². The molecule has 0 atom stereocenters. The fraction of sp³-hybridized carbons (Fsp3) is 0.280. The average Bonchev–Trinajstić information content (AvgIpc) is 2.79. The van der Waals surface area contributed by atoms with Crippen LogP contribution >= 0.6 is 0 Å². The molecular formula is C25H23F3N2O3. The van der Waals surface area contributed by atoms with Crippen molar-refractivity contribution in [3.63, 3.8) is 0 Å². The Bertz CT molecular complexity index is 1180. The molecule has 2 heterocycles. The molecule has 0 fully saturated rings. The van der Waals surface area contributed by atoms with E-state index in [1.807, 2.05) is 0 Å². The zero-order valence-corrected chi connectivity index (χ0v) is 18.3. The highest BCUT2D eigenvalue weighted by Gasteiger charge is 2.30. The number of fused-ring (bicyclic) bond motifs is 1. The van der Waals surface area contributed by atoms with Crippen LogP contribution in [-0.2, 0) is 25.5 Å². The van der Waals surface area contributed by atoms with Crippen molar-refractivity contribution in [2.45, 2.75) is 32.4 Å². The standard InChI is InChI=1S/C25H23F3N2O3/c1-25(27,28)20-13-16(6-8-22(20)32-2)14-30-11-10-21-19(24(30)31)7-9-23(29-21)33-15-17-4-3-5-18(26)12-17/h3-9,12-13H,10-11,14-15H2,1-2H3. The topological polar surface area (TPSA) is 51.7 Å². The van der Waals surface area contributed by atoms with Gasteiger partial charge in [0.25, 0.3) is 11.8 Å². The highest BCUT2D eigenvalue weighted by atomic mass is 19.3. The molecule has 1 aromatic heterocycles. The molecule has 1 amide bonds. The van der Waals surface area contributed by atoms with Gasteiger partial charge < -0.3 is 14.4 Å². The Labute approximate surface area is 189 Å². The van der Waals surface area contributed by atoms with Gasteiger partial charge in [-0.15, -0.1) is 0 Å². The van der Waals surface area contributed by atoms with E-state index in [0.29, 0.717) is 41.2 Å². The van der Waals surface area contributed by atoms with Crippen molar-refractivity contribution in [3.8, 4) is 11.6 Å². The Balaban J connectivity index is 1.47. The van der Waals surface area contributed by atoms with E-state index >= 15 is 0 Å². The fourth-order valence-electron chi connectivity index (χ4n) is 3.81. The molecule has 1 aliphatic heterocycles. The van der Waals surface area contributed by atoms with Crippen LogP contribution in [0.25, 0.3) is 0 Å². The zero-order chi connectivity index (χ0) is 23.6. The molecule has 3 aromatic rings. The van der Waals surface area contributed by atoms with E-state index in [1.54, 1.807) is 35.2 Å². The van der Waals surface area contributed by atoms with Crippen molar-refractivity contribution < 1.29 is 27.4 Å². The molecule has 0 saturated heterocycles. The lowest BCUT2D eigenvalue weighted by molar-refractivity contribution is 0.0149. The first-order chi connectivity index (χ1) is 15.7. The molecule has 0 bridgehead atoms. The number of rotatable bonds is 7. The molecule has 0 spiro atoms. The Kier molecular flexibility index (Phi) is 6.26. The summed E-state index contributed by atoms with van der Waals surface area (Å²) in [5, 5.41) is 0. The predicted octanol–water partition coefficient (Wildman–Crippen LogP) is 5.12. The number of alkyl halides is 2. The van der Waals surface area contributed by atoms with Gasteiger partial charge in [0.05, 0.1) is 23.9 Å². The second-order valence-corrected chi connectivity index (χ2v) is 7.96. The minimum Gasteiger partial charge on any atom is -0.496 e. The lowest BCUT2D eigenvalue weighted by atomic mass is 10.0. The minimum absolute atomic E-state index is 0.108. The van der Waals surface area contributed by atoms with Gasteiger partial charge in [0.15, 0.2) is 0 Å². The van der Waals surface area contributed by atoms with Gasteiger partial charge in [0.1, 0.15) is 18.2 Å². The van der Waals surface area contributed by atoms with Crippen LogP contribution < -0.4 is 9.47 Å². The maximum atomic E-state index is 14.0. The van der Waals surface area contributed by atoms with E-state index < -0.39 is 5.92 Å². The first-order valence-electron chi connectivity index (χ1n) is 10.5. The molecule has 0 unspecified atom stereocenters. The van der Waals surface area contributed by atoms with Gasteiger partial charge in [0, 0.05) is 32.5 Å². The Morgan fingerprint density at radius 3 is 2.64 bits per heavy atom. The number of ether oxygens (including phenoxy) is 2. The summed E-state index contributed by atoms with van der Waals surface area (Å²) in [5.74, 6) is -3.17. The molecule has 8 heteroatoms. The summed E-state index contributed by atoms with van der Waals surface area (Å²) in [6.07, 6.45) is 0.505. The van der Waals surface area contributed by atoms with E-state index in [-0.39, 0.29) is 36.2 Å². The van der Waals surface area contributed by atoms with Crippen molar-refractivity contribution in [1.82, 2.24) is 9.88 Å². The van der Waals surface area contributed by atoms with Gasteiger partial charge in [-0.3, -0.25) is 4.79 Å². The van der Waals surface area contributed by atoms with Crippen molar-refractivity contribution in [1.29, 1.82) is 0 Å². The molecule has 2 aromatic carbocycles. The SMILES string of the molecule is COc1ccc(CN2CCc3nc(OCc4cccc(F)c4)ccc3C2=O)cc1C(C)(F)F. The third-order valence-corrected chi connectivity index (χ3v) is 5.47. The van der Waals surface area contributed by atoms with E-state index in [2.05, 4.69) is 4.98 Å². The number of hydrogen-bond donors (Lipinski definition) is 0. The lowest BCUT2D eigenvalue weighted by Gasteiger charge is -2.28. The minimum atomic E-state index is -3.06. The summed E-state index contributed by atoms with van der Waals surface area (Å²) in [6, 6.07) is 13.9. The second-order valence-electron chi connectivity index (χ2n) is 7.96. The number of methoxy groups -OCH3 is 1. The predicted molar refractivity (Wildman–Crippen MR) is 116 cm³/mol. The monoisotopic (exact) mass is 456 g/mol. The highest BCUT2D eigenvalue weighted by Crippen LogP contribution is 2.35. The number of aromatic nitrogens is 1. The maximum Gasteiger partial charge on any atom is 0.274 e. The van der Waals surface area contributed by atoms with E-state index in [1.165, 1.54) is 31.4 Å². The van der Waals surface area contributed by atoms with E-state index in [0.717, 1.165) is 6.92 Å². The smallest absolute Gasteiger partial charge is 0.274 e. The van der Waals surface area contributed by atoms with Crippen molar-refractivity contribution in [2.75, 3.05) is 13.7 Å². The second kappa shape index (κ2) is 9.13. The fourth-order valence-corrected chi connectivity index (χ4v) is 3.81. The third kappa shape index (κ3) is 5.10. The summed E-state index contributed by atoms with van der Waals surface area (Å²) in [4.78, 5) is 19.0. The number of hydrogen-bond acceptors (Lipinski definition) is 4. The number of pyridine rings is 1. The first kappa shape index (κ1) is 22.6. The molecule has 33 heavy (non-hydrogen) atoms. The highest BCUT2D eigenvalue weighted by molar-refractivity contribution is 5.96. The molecule has 0 saturated carbocycles. The molecule has 4 rings (SSSR count). The number of benzene rings is 2. The largest absolute Gasteiger partial charge is 0.496 e.